The second-order valence-corrected chi connectivity index (χ2v) is 5.14. The van der Waals surface area contributed by atoms with Gasteiger partial charge in [-0.25, -0.2) is 4.79 Å². The third-order valence-electron chi connectivity index (χ3n) is 2.72. The smallest absolute Gasteiger partial charge is 0.350 e. The maximum atomic E-state index is 11.9. The maximum Gasteiger partial charge on any atom is 0.350 e. The highest BCUT2D eigenvalue weighted by Crippen LogP contribution is 2.28. The Kier molecular flexibility index (Phi) is 4.94. The van der Waals surface area contributed by atoms with Crippen LogP contribution in [0.25, 0.3) is 0 Å². The third-order valence-corrected chi connectivity index (χ3v) is 3.80. The summed E-state index contributed by atoms with van der Waals surface area (Å²) in [7, 11) is 1.31. The lowest BCUT2D eigenvalue weighted by Crippen LogP contribution is -2.21. The van der Waals surface area contributed by atoms with Crippen LogP contribution >= 0.6 is 11.3 Å². The number of thiophene rings is 1. The standard InChI is InChI=1S/C15H15NO4S/c1-10-9-21-14(15(18)19-2)13(10)16-12(17)8-20-11-6-4-3-5-7-11/h3-7,9H,8H2,1-2H3,(H,16,17). The Morgan fingerprint density at radius 1 is 1.24 bits per heavy atom. The zero-order chi connectivity index (χ0) is 15.2. The highest BCUT2D eigenvalue weighted by atomic mass is 32.1. The minimum Gasteiger partial charge on any atom is -0.484 e. The molecule has 2 aromatic rings. The molecule has 0 aliphatic carbocycles. The summed E-state index contributed by atoms with van der Waals surface area (Å²) in [6, 6.07) is 9.05. The molecule has 2 rings (SSSR count). The molecule has 0 fully saturated rings. The van der Waals surface area contributed by atoms with Crippen LogP contribution in [0.15, 0.2) is 35.7 Å². The summed E-state index contributed by atoms with van der Waals surface area (Å²) in [4.78, 5) is 23.9. The van der Waals surface area contributed by atoms with Gasteiger partial charge in [0.25, 0.3) is 5.91 Å². The highest BCUT2D eigenvalue weighted by molar-refractivity contribution is 7.12. The van der Waals surface area contributed by atoms with E-state index in [1.165, 1.54) is 18.4 Å². The van der Waals surface area contributed by atoms with Gasteiger partial charge in [0.05, 0.1) is 12.8 Å². The van der Waals surface area contributed by atoms with Crippen molar-refractivity contribution in [2.75, 3.05) is 19.0 Å². The van der Waals surface area contributed by atoms with Crippen LogP contribution in [-0.2, 0) is 9.53 Å². The first-order valence-corrected chi connectivity index (χ1v) is 7.14. The van der Waals surface area contributed by atoms with Gasteiger partial charge < -0.3 is 14.8 Å². The van der Waals surface area contributed by atoms with Crippen molar-refractivity contribution in [3.05, 3.63) is 46.2 Å². The zero-order valence-electron chi connectivity index (χ0n) is 11.7. The molecule has 0 saturated heterocycles. The Hall–Kier alpha value is -2.34. The second-order valence-electron chi connectivity index (χ2n) is 4.26. The minimum atomic E-state index is -0.465. The average Bonchev–Trinajstić information content (AvgIpc) is 2.86. The lowest BCUT2D eigenvalue weighted by Gasteiger charge is -2.08. The number of carbonyl (C=O) groups excluding carboxylic acids is 2. The molecular weight excluding hydrogens is 290 g/mol. The van der Waals surface area contributed by atoms with Crippen LogP contribution in [0.5, 0.6) is 5.75 Å². The molecule has 5 nitrogen and oxygen atoms in total. The molecule has 1 amide bonds. The predicted octanol–water partition coefficient (Wildman–Crippen LogP) is 2.86. The molecule has 0 spiro atoms. The van der Waals surface area contributed by atoms with Crippen molar-refractivity contribution in [1.82, 2.24) is 0 Å². The number of rotatable bonds is 5. The summed E-state index contributed by atoms with van der Waals surface area (Å²) in [6.45, 7) is 1.69. The Morgan fingerprint density at radius 2 is 1.95 bits per heavy atom. The van der Waals surface area contributed by atoms with Crippen LogP contribution in [0.4, 0.5) is 5.69 Å². The summed E-state index contributed by atoms with van der Waals surface area (Å²) >= 11 is 1.24. The number of ether oxygens (including phenoxy) is 2. The predicted molar refractivity (Wildman–Crippen MR) is 81.0 cm³/mol. The molecule has 0 atom stereocenters. The van der Waals surface area contributed by atoms with Crippen molar-refractivity contribution in [2.24, 2.45) is 0 Å². The number of aryl methyl sites for hydroxylation is 1. The number of hydrogen-bond donors (Lipinski definition) is 1. The molecule has 6 heteroatoms. The first-order chi connectivity index (χ1) is 10.1. The Labute approximate surface area is 126 Å². The van der Waals surface area contributed by atoms with Crippen LogP contribution in [-0.4, -0.2) is 25.6 Å². The monoisotopic (exact) mass is 305 g/mol. The van der Waals surface area contributed by atoms with Crippen LogP contribution in [0.1, 0.15) is 15.2 Å². The largest absolute Gasteiger partial charge is 0.484 e. The molecule has 0 aliphatic heterocycles. The molecule has 0 saturated carbocycles. The van der Waals surface area contributed by atoms with Crippen molar-refractivity contribution in [2.45, 2.75) is 6.92 Å². The molecule has 1 N–H and O–H groups in total. The van der Waals surface area contributed by atoms with Crippen molar-refractivity contribution >= 4 is 28.9 Å². The van der Waals surface area contributed by atoms with Crippen molar-refractivity contribution < 1.29 is 19.1 Å². The van der Waals surface area contributed by atoms with Gasteiger partial charge in [-0.1, -0.05) is 18.2 Å². The highest BCUT2D eigenvalue weighted by Gasteiger charge is 2.18. The van der Waals surface area contributed by atoms with E-state index in [2.05, 4.69) is 5.32 Å². The van der Waals surface area contributed by atoms with E-state index >= 15 is 0 Å². The van der Waals surface area contributed by atoms with Gasteiger partial charge in [-0.05, 0) is 30.0 Å². The van der Waals surface area contributed by atoms with Crippen LogP contribution in [0.3, 0.4) is 0 Å². The molecule has 0 radical (unpaired) electrons. The summed E-state index contributed by atoms with van der Waals surface area (Å²) in [5.74, 6) is -0.180. The second kappa shape index (κ2) is 6.90. The molecule has 0 aliphatic rings. The first-order valence-electron chi connectivity index (χ1n) is 6.26. The van der Waals surface area contributed by atoms with Crippen molar-refractivity contribution in [3.63, 3.8) is 0 Å². The fraction of sp³-hybridized carbons (Fsp3) is 0.200. The molecule has 110 valence electrons. The van der Waals surface area contributed by atoms with E-state index in [9.17, 15) is 9.59 Å². The Morgan fingerprint density at radius 3 is 2.62 bits per heavy atom. The van der Waals surface area contributed by atoms with E-state index in [1.807, 2.05) is 25.1 Å². The van der Waals surface area contributed by atoms with E-state index in [-0.39, 0.29) is 12.5 Å². The van der Waals surface area contributed by atoms with Gasteiger partial charge in [0.1, 0.15) is 10.6 Å². The van der Waals surface area contributed by atoms with E-state index in [0.717, 1.165) is 5.56 Å². The van der Waals surface area contributed by atoms with Gasteiger partial charge >= 0.3 is 5.97 Å². The maximum absolute atomic E-state index is 11.9. The quantitative estimate of drug-likeness (QED) is 0.863. The number of carbonyl (C=O) groups is 2. The lowest BCUT2D eigenvalue weighted by atomic mass is 10.2. The molecule has 1 aromatic carbocycles. The molecule has 1 aromatic heterocycles. The molecular formula is C15H15NO4S. The number of anilines is 1. The molecule has 0 unspecified atom stereocenters. The third kappa shape index (κ3) is 3.82. The van der Waals surface area contributed by atoms with Crippen LogP contribution < -0.4 is 10.1 Å². The SMILES string of the molecule is COC(=O)c1scc(C)c1NC(=O)COc1ccccc1. The summed E-state index contributed by atoms with van der Waals surface area (Å²) < 4.78 is 10.0. The lowest BCUT2D eigenvalue weighted by molar-refractivity contribution is -0.118. The van der Waals surface area contributed by atoms with E-state index < -0.39 is 5.97 Å². The number of benzene rings is 1. The van der Waals surface area contributed by atoms with Crippen molar-refractivity contribution in [3.8, 4) is 5.75 Å². The number of amides is 1. The van der Waals surface area contributed by atoms with Crippen molar-refractivity contribution in [1.29, 1.82) is 0 Å². The summed E-state index contributed by atoms with van der Waals surface area (Å²) in [5, 5.41) is 4.48. The van der Waals surface area contributed by atoms with E-state index in [0.29, 0.717) is 16.3 Å². The van der Waals surface area contributed by atoms with Crippen LogP contribution in [0.2, 0.25) is 0 Å². The number of methoxy groups -OCH3 is 1. The van der Waals surface area contributed by atoms with E-state index in [1.54, 1.807) is 17.5 Å². The minimum absolute atomic E-state index is 0.125. The van der Waals surface area contributed by atoms with E-state index in [4.69, 9.17) is 9.47 Å². The van der Waals surface area contributed by atoms with Gasteiger partial charge in [-0.3, -0.25) is 4.79 Å². The Bertz CT molecular complexity index is 636. The van der Waals surface area contributed by atoms with Crippen LogP contribution in [0, 0.1) is 6.92 Å². The molecule has 0 bridgehead atoms. The summed E-state index contributed by atoms with van der Waals surface area (Å²) in [6.07, 6.45) is 0. The average molecular weight is 305 g/mol. The first kappa shape index (κ1) is 15.1. The van der Waals surface area contributed by atoms with Gasteiger partial charge in [-0.2, -0.15) is 0 Å². The molecule has 21 heavy (non-hydrogen) atoms. The summed E-state index contributed by atoms with van der Waals surface area (Å²) in [5.41, 5.74) is 1.29. The van der Waals surface area contributed by atoms with Gasteiger partial charge in [-0.15, -0.1) is 11.3 Å². The number of esters is 1. The number of hydrogen-bond acceptors (Lipinski definition) is 5. The number of nitrogens with one attached hydrogen (secondary N) is 1. The topological polar surface area (TPSA) is 64.6 Å². The van der Waals surface area contributed by atoms with Gasteiger partial charge in [0.2, 0.25) is 0 Å². The van der Waals surface area contributed by atoms with Gasteiger partial charge in [0.15, 0.2) is 6.61 Å². The molecule has 1 heterocycles. The normalized spacial score (nSPS) is 10.0. The zero-order valence-corrected chi connectivity index (χ0v) is 12.5. The number of para-hydroxylation sites is 1. The fourth-order valence-corrected chi connectivity index (χ4v) is 2.61. The fourth-order valence-electron chi connectivity index (χ4n) is 1.68. The van der Waals surface area contributed by atoms with Gasteiger partial charge in [0, 0.05) is 0 Å². The Balaban J connectivity index is 2.00.